The first-order valence-electron chi connectivity index (χ1n) is 5.82. The minimum absolute atomic E-state index is 0.529. The van der Waals surface area contributed by atoms with Crippen molar-refractivity contribution < 1.29 is 4.43 Å². The van der Waals surface area contributed by atoms with Crippen molar-refractivity contribution in [2.45, 2.75) is 32.3 Å². The van der Waals surface area contributed by atoms with Gasteiger partial charge in [-0.1, -0.05) is 13.3 Å². The second-order valence-corrected chi connectivity index (χ2v) is 4.50. The van der Waals surface area contributed by atoms with E-state index in [-0.39, 0.29) is 0 Å². The quantitative estimate of drug-likeness (QED) is 0.620. The molecule has 0 radical (unpaired) electrons. The van der Waals surface area contributed by atoms with Gasteiger partial charge in [0, 0.05) is 38.8 Å². The average molecular weight is 216 g/mol. The van der Waals surface area contributed by atoms with Crippen molar-refractivity contribution in [2.75, 3.05) is 32.7 Å². The smallest absolute Gasteiger partial charge is 0.146 e. The number of hydrogen-bond donors (Lipinski definition) is 1. The molecule has 0 aliphatic carbocycles. The van der Waals surface area contributed by atoms with Crippen LogP contribution in [0.5, 0.6) is 0 Å². The van der Waals surface area contributed by atoms with Crippen molar-refractivity contribution in [1.82, 2.24) is 10.2 Å². The van der Waals surface area contributed by atoms with Crippen LogP contribution >= 0.6 is 0 Å². The van der Waals surface area contributed by atoms with Gasteiger partial charge in [0.1, 0.15) is 10.5 Å². The summed E-state index contributed by atoms with van der Waals surface area (Å²) in [4.78, 5) is 2.54. The fraction of sp³-hybridized carbons (Fsp3) is 1.00. The van der Waals surface area contributed by atoms with Crippen LogP contribution in [-0.4, -0.2) is 54.2 Å². The van der Waals surface area contributed by atoms with Crippen molar-refractivity contribution >= 4 is 10.5 Å². The minimum atomic E-state index is 0.529. The maximum atomic E-state index is 5.58. The lowest BCUT2D eigenvalue weighted by atomic mass is 10.1. The molecule has 0 spiro atoms. The van der Waals surface area contributed by atoms with Gasteiger partial charge in [-0.25, -0.2) is 0 Å². The van der Waals surface area contributed by atoms with E-state index in [4.69, 9.17) is 4.43 Å². The van der Waals surface area contributed by atoms with Gasteiger partial charge < -0.3 is 14.6 Å². The van der Waals surface area contributed by atoms with E-state index in [2.05, 4.69) is 17.1 Å². The van der Waals surface area contributed by atoms with Crippen LogP contribution in [-0.2, 0) is 4.43 Å². The molecule has 0 aromatic heterocycles. The highest BCUT2D eigenvalue weighted by molar-refractivity contribution is 5.98. The molecule has 1 heterocycles. The van der Waals surface area contributed by atoms with Crippen molar-refractivity contribution in [2.24, 2.45) is 0 Å². The third kappa shape index (κ3) is 4.55. The Morgan fingerprint density at radius 3 is 2.64 bits per heavy atom. The normalized spacial score (nSPS) is 21.2. The maximum absolute atomic E-state index is 5.58. The molecule has 1 N–H and O–H groups in total. The number of piperazine rings is 1. The number of nitrogens with zero attached hydrogens (tertiary/aromatic N) is 1. The maximum Gasteiger partial charge on any atom is 0.146 e. The Labute approximate surface area is 90.7 Å². The van der Waals surface area contributed by atoms with Crippen molar-refractivity contribution in [3.05, 3.63) is 0 Å². The SMILES string of the molecule is CCCC(CCN1CCNCC1)O[SiH3]. The van der Waals surface area contributed by atoms with E-state index in [0.717, 1.165) is 23.6 Å². The molecule has 0 aromatic carbocycles. The van der Waals surface area contributed by atoms with Gasteiger partial charge >= 0.3 is 0 Å². The fourth-order valence-corrected chi connectivity index (χ4v) is 2.43. The lowest BCUT2D eigenvalue weighted by molar-refractivity contribution is 0.157. The molecule has 1 atom stereocenters. The first-order chi connectivity index (χ1) is 6.86. The lowest BCUT2D eigenvalue weighted by Gasteiger charge is -2.28. The van der Waals surface area contributed by atoms with Crippen molar-refractivity contribution in [3.8, 4) is 0 Å². The predicted octanol–water partition coefficient (Wildman–Crippen LogP) is -0.253. The molecule has 0 bridgehead atoms. The predicted molar refractivity (Wildman–Crippen MR) is 63.6 cm³/mol. The zero-order valence-electron chi connectivity index (χ0n) is 9.59. The molecule has 1 aliphatic rings. The Hall–Kier alpha value is 0.0969. The third-order valence-electron chi connectivity index (χ3n) is 2.92. The third-order valence-corrected chi connectivity index (χ3v) is 3.59. The molecule has 0 saturated carbocycles. The van der Waals surface area contributed by atoms with E-state index < -0.39 is 0 Å². The van der Waals surface area contributed by atoms with Gasteiger partial charge in [0.2, 0.25) is 0 Å². The van der Waals surface area contributed by atoms with Gasteiger partial charge in [0.05, 0.1) is 0 Å². The Morgan fingerprint density at radius 1 is 1.36 bits per heavy atom. The Morgan fingerprint density at radius 2 is 2.07 bits per heavy atom. The minimum Gasteiger partial charge on any atom is -0.425 e. The summed E-state index contributed by atoms with van der Waals surface area (Å²) in [5.41, 5.74) is 0. The largest absolute Gasteiger partial charge is 0.425 e. The lowest BCUT2D eigenvalue weighted by Crippen LogP contribution is -2.44. The van der Waals surface area contributed by atoms with Crippen LogP contribution in [0.2, 0.25) is 0 Å². The monoisotopic (exact) mass is 216 g/mol. The van der Waals surface area contributed by atoms with E-state index in [1.165, 1.54) is 38.9 Å². The standard InChI is InChI=1S/C10H24N2OSi/c1-2-3-10(13-14)4-7-12-8-5-11-6-9-12/h10-11H,2-9H2,1,14H3. The summed E-state index contributed by atoms with van der Waals surface area (Å²) in [6, 6.07) is 0. The Bertz CT molecular complexity index is 135. The van der Waals surface area contributed by atoms with E-state index in [1.807, 2.05) is 0 Å². The summed E-state index contributed by atoms with van der Waals surface area (Å²) in [7, 11) is 0.884. The average Bonchev–Trinajstić information content (AvgIpc) is 2.25. The van der Waals surface area contributed by atoms with Gasteiger partial charge in [-0.15, -0.1) is 0 Å². The molecule has 0 amide bonds. The number of hydrogen-bond acceptors (Lipinski definition) is 3. The summed E-state index contributed by atoms with van der Waals surface area (Å²) in [6.45, 7) is 8.17. The second-order valence-electron chi connectivity index (χ2n) is 4.03. The molecule has 1 fully saturated rings. The van der Waals surface area contributed by atoms with E-state index in [9.17, 15) is 0 Å². The summed E-state index contributed by atoms with van der Waals surface area (Å²) in [5, 5.41) is 3.38. The second kappa shape index (κ2) is 7.40. The summed E-state index contributed by atoms with van der Waals surface area (Å²) >= 11 is 0. The van der Waals surface area contributed by atoms with Gasteiger partial charge in [0.15, 0.2) is 0 Å². The Kier molecular flexibility index (Phi) is 6.43. The van der Waals surface area contributed by atoms with Crippen LogP contribution in [0.3, 0.4) is 0 Å². The zero-order valence-corrected chi connectivity index (χ0v) is 11.6. The van der Waals surface area contributed by atoms with Crippen molar-refractivity contribution in [3.63, 3.8) is 0 Å². The number of rotatable bonds is 6. The van der Waals surface area contributed by atoms with Crippen molar-refractivity contribution in [1.29, 1.82) is 0 Å². The van der Waals surface area contributed by atoms with Crippen LogP contribution in [0.1, 0.15) is 26.2 Å². The summed E-state index contributed by atoms with van der Waals surface area (Å²) in [5.74, 6) is 0. The van der Waals surface area contributed by atoms with Crippen LogP contribution < -0.4 is 5.32 Å². The van der Waals surface area contributed by atoms with E-state index in [0.29, 0.717) is 6.10 Å². The molecule has 14 heavy (non-hydrogen) atoms. The molecule has 3 nitrogen and oxygen atoms in total. The highest BCUT2D eigenvalue weighted by Crippen LogP contribution is 2.07. The highest BCUT2D eigenvalue weighted by Gasteiger charge is 2.11. The molecule has 1 saturated heterocycles. The zero-order chi connectivity index (χ0) is 10.2. The molecule has 0 aromatic rings. The molecular weight excluding hydrogens is 192 g/mol. The number of nitrogens with one attached hydrogen (secondary N) is 1. The van der Waals surface area contributed by atoms with Crippen LogP contribution in [0.4, 0.5) is 0 Å². The summed E-state index contributed by atoms with van der Waals surface area (Å²) in [6.07, 6.45) is 4.23. The van der Waals surface area contributed by atoms with E-state index >= 15 is 0 Å². The Balaban J connectivity index is 2.10. The van der Waals surface area contributed by atoms with Gasteiger partial charge in [-0.2, -0.15) is 0 Å². The summed E-state index contributed by atoms with van der Waals surface area (Å²) < 4.78 is 5.58. The first kappa shape index (κ1) is 12.2. The molecular formula is C10H24N2OSi. The molecule has 1 unspecified atom stereocenters. The van der Waals surface area contributed by atoms with Gasteiger partial charge in [-0.05, 0) is 12.8 Å². The van der Waals surface area contributed by atoms with Crippen LogP contribution in [0, 0.1) is 0 Å². The fourth-order valence-electron chi connectivity index (χ4n) is 1.96. The van der Waals surface area contributed by atoms with Gasteiger partial charge in [0.25, 0.3) is 0 Å². The molecule has 4 heteroatoms. The van der Waals surface area contributed by atoms with Crippen LogP contribution in [0.25, 0.3) is 0 Å². The molecule has 84 valence electrons. The first-order valence-corrected chi connectivity index (χ1v) is 6.64. The topological polar surface area (TPSA) is 24.5 Å². The van der Waals surface area contributed by atoms with Crippen LogP contribution in [0.15, 0.2) is 0 Å². The molecule has 1 aliphatic heterocycles. The molecule has 1 rings (SSSR count). The highest BCUT2D eigenvalue weighted by atomic mass is 28.2. The van der Waals surface area contributed by atoms with E-state index in [1.54, 1.807) is 0 Å². The van der Waals surface area contributed by atoms with Gasteiger partial charge in [-0.3, -0.25) is 0 Å².